The van der Waals surface area contributed by atoms with Crippen molar-refractivity contribution in [2.24, 2.45) is 0 Å². The van der Waals surface area contributed by atoms with E-state index >= 15 is 0 Å². The number of pyridine rings is 2. The summed E-state index contributed by atoms with van der Waals surface area (Å²) in [6.07, 6.45) is 5.02. The summed E-state index contributed by atoms with van der Waals surface area (Å²) in [4.78, 5) is 21.2. The molecule has 1 amide bonds. The summed E-state index contributed by atoms with van der Waals surface area (Å²) in [5, 5.41) is 5.61. The molecule has 5 heteroatoms. The molecule has 2 heterocycles. The number of rotatable bonds is 4. The predicted octanol–water partition coefficient (Wildman–Crippen LogP) is 5.83. The van der Waals surface area contributed by atoms with Crippen molar-refractivity contribution >= 4 is 33.3 Å². The van der Waals surface area contributed by atoms with Crippen molar-refractivity contribution in [1.29, 1.82) is 0 Å². The van der Waals surface area contributed by atoms with Crippen molar-refractivity contribution in [3.63, 3.8) is 0 Å². The third-order valence-electron chi connectivity index (χ3n) is 4.85. The topological polar surface area (TPSA) is 64.1 Å². The number of hydrogen-bond acceptors (Lipinski definition) is 4. The summed E-state index contributed by atoms with van der Waals surface area (Å²) in [5.74, 6) is 1.26. The van der Waals surface area contributed by atoms with Gasteiger partial charge in [0.15, 0.2) is 0 Å². The molecule has 3 aromatic carbocycles. The van der Waals surface area contributed by atoms with E-state index in [4.69, 9.17) is 4.74 Å². The van der Waals surface area contributed by atoms with E-state index in [9.17, 15) is 4.79 Å². The lowest BCUT2D eigenvalue weighted by Gasteiger charge is -2.11. The smallest absolute Gasteiger partial charge is 0.256 e. The summed E-state index contributed by atoms with van der Waals surface area (Å²) < 4.78 is 6.15. The van der Waals surface area contributed by atoms with E-state index in [1.54, 1.807) is 30.7 Å². The van der Waals surface area contributed by atoms with Gasteiger partial charge in [-0.25, -0.2) is 0 Å². The quantitative estimate of drug-likeness (QED) is 0.419. The maximum absolute atomic E-state index is 12.8. The van der Waals surface area contributed by atoms with Crippen LogP contribution < -0.4 is 10.1 Å². The van der Waals surface area contributed by atoms with Crippen LogP contribution in [0.4, 0.5) is 5.69 Å². The predicted molar refractivity (Wildman–Crippen MR) is 118 cm³/mol. The number of fused-ring (bicyclic) bond motifs is 2. The Labute approximate surface area is 173 Å². The van der Waals surface area contributed by atoms with E-state index in [2.05, 4.69) is 15.3 Å². The first-order chi connectivity index (χ1) is 14.8. The van der Waals surface area contributed by atoms with Crippen LogP contribution in [0, 0.1) is 0 Å². The van der Waals surface area contributed by atoms with E-state index in [1.807, 2.05) is 66.7 Å². The zero-order valence-electron chi connectivity index (χ0n) is 15.9. The third-order valence-corrected chi connectivity index (χ3v) is 4.85. The molecule has 0 unspecified atom stereocenters. The van der Waals surface area contributed by atoms with Gasteiger partial charge in [-0.2, -0.15) is 0 Å². The highest BCUT2D eigenvalue weighted by Gasteiger charge is 2.12. The molecule has 0 bridgehead atoms. The molecule has 144 valence electrons. The molecule has 0 aliphatic carbocycles. The standard InChI is InChI=1S/C25H17N3O2/c29-25(28-18-6-4-13-26-16-18)21-8-3-5-17-15-19(10-11-20(17)21)30-24-12-14-27-23-9-2-1-7-22(23)24/h1-16H,(H,28,29). The van der Waals surface area contributed by atoms with Crippen molar-refractivity contribution in [2.75, 3.05) is 5.32 Å². The molecule has 5 aromatic rings. The normalized spacial score (nSPS) is 10.8. The average Bonchev–Trinajstić information content (AvgIpc) is 2.79. The highest BCUT2D eigenvalue weighted by Crippen LogP contribution is 2.31. The van der Waals surface area contributed by atoms with Crippen LogP contribution >= 0.6 is 0 Å². The SMILES string of the molecule is O=C(Nc1cccnc1)c1cccc2cc(Oc3ccnc4ccccc34)ccc12. The molecule has 2 aromatic heterocycles. The minimum atomic E-state index is -0.178. The van der Waals surface area contributed by atoms with Gasteiger partial charge in [0.1, 0.15) is 11.5 Å². The van der Waals surface area contributed by atoms with Gasteiger partial charge in [0, 0.05) is 23.3 Å². The number of nitrogens with zero attached hydrogens (tertiary/aromatic N) is 2. The van der Waals surface area contributed by atoms with Gasteiger partial charge in [0.25, 0.3) is 5.91 Å². The second-order valence-electron chi connectivity index (χ2n) is 6.81. The van der Waals surface area contributed by atoms with Crippen LogP contribution in [-0.2, 0) is 0 Å². The number of hydrogen-bond donors (Lipinski definition) is 1. The molecular formula is C25H17N3O2. The highest BCUT2D eigenvalue weighted by molar-refractivity contribution is 6.13. The second kappa shape index (κ2) is 7.64. The van der Waals surface area contributed by atoms with Crippen molar-refractivity contribution in [3.8, 4) is 11.5 Å². The zero-order chi connectivity index (χ0) is 20.3. The van der Waals surface area contributed by atoms with Crippen LogP contribution in [-0.4, -0.2) is 15.9 Å². The molecule has 0 atom stereocenters. The Morgan fingerprint density at radius 3 is 2.67 bits per heavy atom. The fourth-order valence-corrected chi connectivity index (χ4v) is 3.44. The van der Waals surface area contributed by atoms with Gasteiger partial charge in [0.05, 0.1) is 17.4 Å². The van der Waals surface area contributed by atoms with Crippen LogP contribution in [0.15, 0.2) is 97.5 Å². The lowest BCUT2D eigenvalue weighted by Crippen LogP contribution is -2.12. The number of benzene rings is 3. The van der Waals surface area contributed by atoms with E-state index in [0.717, 1.165) is 27.4 Å². The number of anilines is 1. The molecule has 0 fully saturated rings. The van der Waals surface area contributed by atoms with Crippen molar-refractivity contribution < 1.29 is 9.53 Å². The van der Waals surface area contributed by atoms with E-state index in [1.165, 1.54) is 0 Å². The Morgan fingerprint density at radius 2 is 1.77 bits per heavy atom. The Bertz CT molecular complexity index is 1360. The first-order valence-electron chi connectivity index (χ1n) is 9.54. The summed E-state index contributed by atoms with van der Waals surface area (Å²) >= 11 is 0. The summed E-state index contributed by atoms with van der Waals surface area (Å²) in [6, 6.07) is 24.7. The zero-order valence-corrected chi connectivity index (χ0v) is 15.9. The molecule has 0 saturated carbocycles. The average molecular weight is 391 g/mol. The molecule has 1 N–H and O–H groups in total. The summed E-state index contributed by atoms with van der Waals surface area (Å²) in [7, 11) is 0. The van der Waals surface area contributed by atoms with Gasteiger partial charge in [-0.05, 0) is 65.4 Å². The molecule has 0 aliphatic heterocycles. The van der Waals surface area contributed by atoms with Crippen LogP contribution in [0.1, 0.15) is 10.4 Å². The van der Waals surface area contributed by atoms with E-state index in [-0.39, 0.29) is 5.91 Å². The highest BCUT2D eigenvalue weighted by atomic mass is 16.5. The Morgan fingerprint density at radius 1 is 0.833 bits per heavy atom. The van der Waals surface area contributed by atoms with Gasteiger partial charge < -0.3 is 10.1 Å². The van der Waals surface area contributed by atoms with Crippen LogP contribution in [0.3, 0.4) is 0 Å². The van der Waals surface area contributed by atoms with Gasteiger partial charge in [0.2, 0.25) is 0 Å². The molecular weight excluding hydrogens is 374 g/mol. The van der Waals surface area contributed by atoms with Crippen LogP contribution in [0.5, 0.6) is 11.5 Å². The van der Waals surface area contributed by atoms with Crippen molar-refractivity contribution in [3.05, 3.63) is 103 Å². The molecule has 0 saturated heterocycles. The monoisotopic (exact) mass is 391 g/mol. The third kappa shape index (κ3) is 3.44. The largest absolute Gasteiger partial charge is 0.457 e. The van der Waals surface area contributed by atoms with Gasteiger partial charge in [-0.15, -0.1) is 0 Å². The molecule has 0 aliphatic rings. The van der Waals surface area contributed by atoms with Crippen LogP contribution in [0.2, 0.25) is 0 Å². The molecule has 5 nitrogen and oxygen atoms in total. The number of carbonyl (C=O) groups excluding carboxylic acids is 1. The van der Waals surface area contributed by atoms with Crippen LogP contribution in [0.25, 0.3) is 21.7 Å². The minimum Gasteiger partial charge on any atom is -0.457 e. The molecule has 0 spiro atoms. The summed E-state index contributed by atoms with van der Waals surface area (Å²) in [6.45, 7) is 0. The fourth-order valence-electron chi connectivity index (χ4n) is 3.44. The summed E-state index contributed by atoms with van der Waals surface area (Å²) in [5.41, 5.74) is 2.13. The number of nitrogens with one attached hydrogen (secondary N) is 1. The Hall–Kier alpha value is -4.25. The second-order valence-corrected chi connectivity index (χ2v) is 6.81. The molecule has 0 radical (unpaired) electrons. The first-order valence-corrected chi connectivity index (χ1v) is 9.54. The number of carbonyl (C=O) groups is 1. The molecule has 30 heavy (non-hydrogen) atoms. The number of aromatic nitrogens is 2. The van der Waals surface area contributed by atoms with E-state index < -0.39 is 0 Å². The Kier molecular flexibility index (Phi) is 4.54. The molecule has 5 rings (SSSR count). The minimum absolute atomic E-state index is 0.178. The maximum Gasteiger partial charge on any atom is 0.256 e. The lowest BCUT2D eigenvalue weighted by atomic mass is 10.0. The Balaban J connectivity index is 1.47. The first kappa shape index (κ1) is 17.8. The maximum atomic E-state index is 12.8. The van der Waals surface area contributed by atoms with Gasteiger partial charge in [-0.1, -0.05) is 24.3 Å². The van der Waals surface area contributed by atoms with Gasteiger partial charge >= 0.3 is 0 Å². The lowest BCUT2D eigenvalue weighted by molar-refractivity contribution is 0.102. The number of para-hydroxylation sites is 1. The van der Waals surface area contributed by atoms with Crippen molar-refractivity contribution in [1.82, 2.24) is 9.97 Å². The fraction of sp³-hybridized carbons (Fsp3) is 0. The number of ether oxygens (including phenoxy) is 1. The number of amides is 1. The van der Waals surface area contributed by atoms with E-state index in [0.29, 0.717) is 17.0 Å². The van der Waals surface area contributed by atoms with Gasteiger partial charge in [-0.3, -0.25) is 14.8 Å². The van der Waals surface area contributed by atoms with Crippen molar-refractivity contribution in [2.45, 2.75) is 0 Å².